The highest BCUT2D eigenvalue weighted by Gasteiger charge is 2.37. The fraction of sp³-hybridized carbons (Fsp3) is 0.429. The number of hydrogen-bond donors (Lipinski definition) is 1. The molecule has 1 heterocycles. The Morgan fingerprint density at radius 1 is 1.37 bits per heavy atom. The van der Waals surface area contributed by atoms with Crippen LogP contribution >= 0.6 is 0 Å². The van der Waals surface area contributed by atoms with Crippen LogP contribution in [-0.4, -0.2) is 40.6 Å². The molecule has 1 amide bonds. The smallest absolute Gasteiger partial charge is 0.410 e. The molecule has 1 fully saturated rings. The minimum absolute atomic E-state index is 0.131. The van der Waals surface area contributed by atoms with Crippen molar-refractivity contribution in [2.24, 2.45) is 0 Å². The predicted molar refractivity (Wildman–Crippen MR) is 68.4 cm³/mol. The zero-order valence-electron chi connectivity index (χ0n) is 10.8. The molecule has 0 radical (unpaired) electrons. The molecule has 0 unspecified atom stereocenters. The highest BCUT2D eigenvalue weighted by Crippen LogP contribution is 2.20. The number of benzene rings is 1. The summed E-state index contributed by atoms with van der Waals surface area (Å²) in [5.74, 6) is -0.131. The van der Waals surface area contributed by atoms with Crippen LogP contribution in [0.5, 0.6) is 0 Å². The number of aliphatic hydroxyl groups is 1. The Bertz CT molecular complexity index is 460. The summed E-state index contributed by atoms with van der Waals surface area (Å²) in [5.41, 5.74) is 0.884. The second-order valence-electron chi connectivity index (χ2n) is 4.71. The molecule has 5 heteroatoms. The zero-order chi connectivity index (χ0) is 13.8. The summed E-state index contributed by atoms with van der Waals surface area (Å²) < 4.78 is 5.16. The summed E-state index contributed by atoms with van der Waals surface area (Å²) >= 11 is 0. The van der Waals surface area contributed by atoms with Gasteiger partial charge in [0, 0.05) is 6.42 Å². The first kappa shape index (κ1) is 13.5. The second-order valence-corrected chi connectivity index (χ2v) is 4.71. The first-order valence-corrected chi connectivity index (χ1v) is 6.23. The SMILES string of the molecule is CC(=O)[C@H]1C[C@H](O)CN1C(=O)OCc1ccccc1. The van der Waals surface area contributed by atoms with Gasteiger partial charge in [0.25, 0.3) is 0 Å². The van der Waals surface area contributed by atoms with E-state index in [-0.39, 0.29) is 25.4 Å². The quantitative estimate of drug-likeness (QED) is 0.893. The van der Waals surface area contributed by atoms with Crippen LogP contribution in [-0.2, 0) is 16.1 Å². The molecule has 1 saturated heterocycles. The first-order valence-electron chi connectivity index (χ1n) is 6.23. The lowest BCUT2D eigenvalue weighted by Gasteiger charge is -2.21. The van der Waals surface area contributed by atoms with Gasteiger partial charge >= 0.3 is 6.09 Å². The molecule has 2 rings (SSSR count). The summed E-state index contributed by atoms with van der Waals surface area (Å²) in [5, 5.41) is 9.55. The number of hydrogen-bond acceptors (Lipinski definition) is 4. The summed E-state index contributed by atoms with van der Waals surface area (Å²) in [4.78, 5) is 24.6. The number of rotatable bonds is 3. The maximum absolute atomic E-state index is 11.9. The summed E-state index contributed by atoms with van der Waals surface area (Å²) in [6.07, 6.45) is -0.922. The third kappa shape index (κ3) is 3.32. The molecular weight excluding hydrogens is 246 g/mol. The third-order valence-electron chi connectivity index (χ3n) is 3.19. The van der Waals surface area contributed by atoms with Gasteiger partial charge in [-0.3, -0.25) is 9.69 Å². The number of Topliss-reactive ketones (excluding diaryl/α,β-unsaturated/α-hetero) is 1. The molecule has 1 N–H and O–H groups in total. The van der Waals surface area contributed by atoms with Crippen molar-refractivity contribution in [3.63, 3.8) is 0 Å². The summed E-state index contributed by atoms with van der Waals surface area (Å²) in [6.45, 7) is 1.73. The largest absolute Gasteiger partial charge is 0.445 e. The van der Waals surface area contributed by atoms with Gasteiger partial charge in [-0.1, -0.05) is 30.3 Å². The number of carbonyl (C=O) groups is 2. The van der Waals surface area contributed by atoms with Crippen LogP contribution < -0.4 is 0 Å². The molecule has 0 saturated carbocycles. The molecule has 102 valence electrons. The Morgan fingerprint density at radius 3 is 2.68 bits per heavy atom. The van der Waals surface area contributed by atoms with Crippen molar-refractivity contribution in [1.29, 1.82) is 0 Å². The maximum atomic E-state index is 11.9. The molecule has 5 nitrogen and oxygen atoms in total. The van der Waals surface area contributed by atoms with Gasteiger partial charge in [-0.2, -0.15) is 0 Å². The van der Waals surface area contributed by atoms with E-state index >= 15 is 0 Å². The van der Waals surface area contributed by atoms with Crippen LogP contribution in [0.15, 0.2) is 30.3 Å². The molecule has 0 spiro atoms. The number of β-amino-alcohol motifs (C(OH)–C–C–N with tert-alkyl or cyclic N) is 1. The van der Waals surface area contributed by atoms with Gasteiger partial charge in [0.15, 0.2) is 5.78 Å². The predicted octanol–water partition coefficient (Wildman–Crippen LogP) is 1.35. The van der Waals surface area contributed by atoms with E-state index in [1.807, 2.05) is 30.3 Å². The highest BCUT2D eigenvalue weighted by molar-refractivity contribution is 5.86. The van der Waals surface area contributed by atoms with E-state index in [9.17, 15) is 14.7 Å². The number of likely N-dealkylation sites (tertiary alicyclic amines) is 1. The van der Waals surface area contributed by atoms with E-state index < -0.39 is 18.2 Å². The van der Waals surface area contributed by atoms with E-state index in [0.717, 1.165) is 5.56 Å². The van der Waals surface area contributed by atoms with E-state index in [1.54, 1.807) is 0 Å². The van der Waals surface area contributed by atoms with Crippen LogP contribution in [0.3, 0.4) is 0 Å². The Hall–Kier alpha value is -1.88. The molecule has 0 aromatic heterocycles. The molecule has 0 bridgehead atoms. The van der Waals surface area contributed by atoms with Gasteiger partial charge in [-0.15, -0.1) is 0 Å². The lowest BCUT2D eigenvalue weighted by atomic mass is 10.1. The van der Waals surface area contributed by atoms with Gasteiger partial charge in [-0.25, -0.2) is 4.79 Å². The van der Waals surface area contributed by atoms with Gasteiger partial charge < -0.3 is 9.84 Å². The molecule has 0 aliphatic carbocycles. The molecule has 1 aromatic carbocycles. The lowest BCUT2D eigenvalue weighted by molar-refractivity contribution is -0.120. The van der Waals surface area contributed by atoms with Gasteiger partial charge in [0.05, 0.1) is 18.7 Å². The maximum Gasteiger partial charge on any atom is 0.410 e. The molecule has 1 aliphatic heterocycles. The van der Waals surface area contributed by atoms with Crippen molar-refractivity contribution in [3.8, 4) is 0 Å². The lowest BCUT2D eigenvalue weighted by Crippen LogP contribution is -2.40. The normalized spacial score (nSPS) is 22.3. The van der Waals surface area contributed by atoms with Gasteiger partial charge in [0.2, 0.25) is 0 Å². The Labute approximate surface area is 111 Å². The van der Waals surface area contributed by atoms with Crippen LogP contribution in [0.1, 0.15) is 18.9 Å². The van der Waals surface area contributed by atoms with Crippen LogP contribution in [0.25, 0.3) is 0 Å². The minimum Gasteiger partial charge on any atom is -0.445 e. The van der Waals surface area contributed by atoms with E-state index in [2.05, 4.69) is 0 Å². The van der Waals surface area contributed by atoms with Crippen molar-refractivity contribution in [2.45, 2.75) is 32.1 Å². The fourth-order valence-corrected chi connectivity index (χ4v) is 2.20. The first-order chi connectivity index (χ1) is 9.08. The molecule has 1 aromatic rings. The van der Waals surface area contributed by atoms with Crippen LogP contribution in [0.2, 0.25) is 0 Å². The number of aliphatic hydroxyl groups excluding tert-OH is 1. The number of ether oxygens (including phenoxy) is 1. The molecule has 1 aliphatic rings. The van der Waals surface area contributed by atoms with Crippen molar-refractivity contribution in [2.75, 3.05) is 6.54 Å². The Kier molecular flexibility index (Phi) is 4.16. The van der Waals surface area contributed by atoms with Gasteiger partial charge in [-0.05, 0) is 12.5 Å². The minimum atomic E-state index is -0.654. The number of ketones is 1. The fourth-order valence-electron chi connectivity index (χ4n) is 2.20. The van der Waals surface area contributed by atoms with E-state index in [0.29, 0.717) is 0 Å². The number of nitrogens with zero attached hydrogens (tertiary/aromatic N) is 1. The van der Waals surface area contributed by atoms with Crippen molar-refractivity contribution in [1.82, 2.24) is 4.90 Å². The van der Waals surface area contributed by atoms with Crippen LogP contribution in [0, 0.1) is 0 Å². The standard InChI is InChI=1S/C14H17NO4/c1-10(16)13-7-12(17)8-15(13)14(18)19-9-11-5-3-2-4-6-11/h2-6,12-13,17H,7-9H2,1H3/t12-,13+/m0/s1. The second kappa shape index (κ2) is 5.84. The highest BCUT2D eigenvalue weighted by atomic mass is 16.6. The summed E-state index contributed by atoms with van der Waals surface area (Å²) in [6, 6.07) is 8.75. The van der Waals surface area contributed by atoms with Crippen molar-refractivity contribution in [3.05, 3.63) is 35.9 Å². The number of amides is 1. The van der Waals surface area contributed by atoms with E-state index in [1.165, 1.54) is 11.8 Å². The molecule has 19 heavy (non-hydrogen) atoms. The Morgan fingerprint density at radius 2 is 2.05 bits per heavy atom. The van der Waals surface area contributed by atoms with E-state index in [4.69, 9.17) is 4.74 Å². The monoisotopic (exact) mass is 263 g/mol. The molecule has 2 atom stereocenters. The van der Waals surface area contributed by atoms with Crippen molar-refractivity contribution >= 4 is 11.9 Å². The topological polar surface area (TPSA) is 66.8 Å². The number of carbonyl (C=O) groups excluding carboxylic acids is 2. The zero-order valence-corrected chi connectivity index (χ0v) is 10.8. The average Bonchev–Trinajstić information content (AvgIpc) is 2.79. The average molecular weight is 263 g/mol. The molecular formula is C14H17NO4. The summed E-state index contributed by atoms with van der Waals surface area (Å²) in [7, 11) is 0. The third-order valence-corrected chi connectivity index (χ3v) is 3.19. The van der Waals surface area contributed by atoms with Crippen LogP contribution in [0.4, 0.5) is 4.79 Å². The van der Waals surface area contributed by atoms with Crippen molar-refractivity contribution < 1.29 is 19.4 Å². The Balaban J connectivity index is 1.94. The van der Waals surface area contributed by atoms with Gasteiger partial charge in [0.1, 0.15) is 6.61 Å².